The highest BCUT2D eigenvalue weighted by Crippen LogP contribution is 2.35. The number of fused-ring (bicyclic) bond motifs is 1. The third-order valence-electron chi connectivity index (χ3n) is 2.21. The van der Waals surface area contributed by atoms with Gasteiger partial charge >= 0.3 is 0 Å². The number of hydrogen-bond acceptors (Lipinski definition) is 4. The van der Waals surface area contributed by atoms with Crippen LogP contribution in [0.2, 0.25) is 0 Å². The van der Waals surface area contributed by atoms with Crippen LogP contribution in [-0.2, 0) is 0 Å². The largest absolute Gasteiger partial charge is 0.494 e. The van der Waals surface area contributed by atoms with Crippen molar-refractivity contribution < 1.29 is 4.74 Å². The topological polar surface area (TPSA) is 48.1 Å². The number of methoxy groups -OCH3 is 1. The van der Waals surface area contributed by atoms with Crippen LogP contribution in [0.5, 0.6) is 5.75 Å². The Morgan fingerprint density at radius 1 is 1.36 bits per heavy atom. The number of rotatable bonds is 1. The number of anilines is 1. The van der Waals surface area contributed by atoms with Gasteiger partial charge in [0.1, 0.15) is 11.3 Å². The predicted molar refractivity (Wildman–Crippen MR) is 60.1 cm³/mol. The van der Waals surface area contributed by atoms with Gasteiger partial charge in [-0.2, -0.15) is 0 Å². The molecule has 1 aromatic heterocycles. The summed E-state index contributed by atoms with van der Waals surface area (Å²) >= 11 is 1.50. The second-order valence-corrected chi connectivity index (χ2v) is 4.30. The molecule has 1 aromatic carbocycles. The van der Waals surface area contributed by atoms with Gasteiger partial charge in [0.2, 0.25) is 0 Å². The van der Waals surface area contributed by atoms with E-state index in [0.717, 1.165) is 21.5 Å². The smallest absolute Gasteiger partial charge is 0.181 e. The van der Waals surface area contributed by atoms with Crippen LogP contribution in [0, 0.1) is 13.8 Å². The molecular weight excluding hydrogens is 196 g/mol. The molecule has 0 fully saturated rings. The molecule has 0 aliphatic carbocycles. The minimum absolute atomic E-state index is 0.590. The second-order valence-electron chi connectivity index (χ2n) is 3.27. The number of aromatic nitrogens is 1. The van der Waals surface area contributed by atoms with Gasteiger partial charge in [-0.05, 0) is 25.0 Å². The third kappa shape index (κ3) is 1.23. The molecule has 0 saturated heterocycles. The number of nitrogens with two attached hydrogens (primary N) is 1. The highest BCUT2D eigenvalue weighted by molar-refractivity contribution is 7.22. The number of nitrogen functional groups attached to an aromatic ring is 1. The van der Waals surface area contributed by atoms with Crippen molar-refractivity contribution in [1.29, 1.82) is 0 Å². The molecule has 2 N–H and O–H groups in total. The van der Waals surface area contributed by atoms with Crippen LogP contribution in [0.1, 0.15) is 11.1 Å². The molecule has 1 heterocycles. The van der Waals surface area contributed by atoms with Crippen LogP contribution in [0.15, 0.2) is 6.07 Å². The summed E-state index contributed by atoms with van der Waals surface area (Å²) < 4.78 is 6.43. The Hall–Kier alpha value is -1.29. The van der Waals surface area contributed by atoms with E-state index in [1.807, 2.05) is 6.92 Å². The van der Waals surface area contributed by atoms with E-state index in [1.54, 1.807) is 7.11 Å². The summed E-state index contributed by atoms with van der Waals surface area (Å²) in [6, 6.07) is 2.10. The lowest BCUT2D eigenvalue weighted by Gasteiger charge is -2.06. The van der Waals surface area contributed by atoms with E-state index in [-0.39, 0.29) is 0 Å². The molecule has 0 bridgehead atoms. The van der Waals surface area contributed by atoms with Gasteiger partial charge in [0.25, 0.3) is 0 Å². The molecule has 3 nitrogen and oxygen atoms in total. The Bertz CT molecular complexity index is 490. The van der Waals surface area contributed by atoms with Crippen molar-refractivity contribution in [2.75, 3.05) is 12.8 Å². The molecular formula is C10H12N2OS. The Labute approximate surface area is 86.5 Å². The fourth-order valence-electron chi connectivity index (χ4n) is 1.66. The van der Waals surface area contributed by atoms with Crippen molar-refractivity contribution in [2.45, 2.75) is 13.8 Å². The maximum absolute atomic E-state index is 5.68. The Morgan fingerprint density at radius 2 is 2.07 bits per heavy atom. The molecule has 0 unspecified atom stereocenters. The van der Waals surface area contributed by atoms with Crippen molar-refractivity contribution in [2.24, 2.45) is 0 Å². The molecule has 14 heavy (non-hydrogen) atoms. The standard InChI is InChI=1S/C10H12N2OS/c1-5-4-6(2)9-7(8(5)13-3)12-10(11)14-9/h4H,1-3H3,(H2,11,12). The van der Waals surface area contributed by atoms with Crippen molar-refractivity contribution in [3.63, 3.8) is 0 Å². The normalized spacial score (nSPS) is 10.8. The van der Waals surface area contributed by atoms with E-state index in [9.17, 15) is 0 Å². The van der Waals surface area contributed by atoms with E-state index >= 15 is 0 Å². The number of nitrogens with zero attached hydrogens (tertiary/aromatic N) is 1. The highest BCUT2D eigenvalue weighted by Gasteiger charge is 2.12. The maximum atomic E-state index is 5.68. The molecule has 74 valence electrons. The second kappa shape index (κ2) is 3.13. The maximum Gasteiger partial charge on any atom is 0.181 e. The summed E-state index contributed by atoms with van der Waals surface area (Å²) in [5.41, 5.74) is 8.87. The lowest BCUT2D eigenvalue weighted by atomic mass is 10.1. The van der Waals surface area contributed by atoms with Crippen molar-refractivity contribution >= 4 is 26.7 Å². The quantitative estimate of drug-likeness (QED) is 0.783. The average Bonchev–Trinajstić information content (AvgIpc) is 2.48. The Morgan fingerprint density at radius 3 is 2.71 bits per heavy atom. The number of aryl methyl sites for hydroxylation is 2. The first-order chi connectivity index (χ1) is 6.63. The lowest BCUT2D eigenvalue weighted by molar-refractivity contribution is 0.416. The SMILES string of the molecule is COc1c(C)cc(C)c2sc(N)nc12. The number of benzene rings is 1. The average molecular weight is 208 g/mol. The molecule has 0 atom stereocenters. The molecule has 0 aliphatic heterocycles. The third-order valence-corrected chi connectivity index (χ3v) is 3.23. The van der Waals surface area contributed by atoms with E-state index in [1.165, 1.54) is 16.9 Å². The minimum atomic E-state index is 0.590. The van der Waals surface area contributed by atoms with Crippen molar-refractivity contribution in [3.8, 4) is 5.75 Å². The van der Waals surface area contributed by atoms with E-state index < -0.39 is 0 Å². The van der Waals surface area contributed by atoms with Gasteiger partial charge < -0.3 is 10.5 Å². The molecule has 0 aliphatic rings. The first-order valence-electron chi connectivity index (χ1n) is 4.33. The fourth-order valence-corrected chi connectivity index (χ4v) is 2.46. The summed E-state index contributed by atoms with van der Waals surface area (Å²) in [4.78, 5) is 4.28. The van der Waals surface area contributed by atoms with Gasteiger partial charge in [0.15, 0.2) is 5.13 Å². The first-order valence-corrected chi connectivity index (χ1v) is 5.15. The number of hydrogen-bond donors (Lipinski definition) is 1. The minimum Gasteiger partial charge on any atom is -0.494 e. The van der Waals surface area contributed by atoms with E-state index in [0.29, 0.717) is 5.13 Å². The van der Waals surface area contributed by atoms with Gasteiger partial charge in [0.05, 0.1) is 11.8 Å². The highest BCUT2D eigenvalue weighted by atomic mass is 32.1. The van der Waals surface area contributed by atoms with Gasteiger partial charge in [-0.25, -0.2) is 4.98 Å². The van der Waals surface area contributed by atoms with Crippen LogP contribution in [0.3, 0.4) is 0 Å². The zero-order valence-electron chi connectivity index (χ0n) is 8.42. The summed E-state index contributed by atoms with van der Waals surface area (Å²) in [7, 11) is 1.66. The summed E-state index contributed by atoms with van der Waals surface area (Å²) in [5.74, 6) is 0.832. The summed E-state index contributed by atoms with van der Waals surface area (Å²) in [6.07, 6.45) is 0. The molecule has 0 saturated carbocycles. The predicted octanol–water partition coefficient (Wildman–Crippen LogP) is 2.50. The van der Waals surface area contributed by atoms with Crippen molar-refractivity contribution in [3.05, 3.63) is 17.2 Å². The van der Waals surface area contributed by atoms with Crippen LogP contribution < -0.4 is 10.5 Å². The van der Waals surface area contributed by atoms with Gasteiger partial charge in [-0.1, -0.05) is 17.4 Å². The Kier molecular flexibility index (Phi) is 2.07. The molecule has 0 amide bonds. The van der Waals surface area contributed by atoms with Crippen LogP contribution in [0.25, 0.3) is 10.2 Å². The van der Waals surface area contributed by atoms with E-state index in [4.69, 9.17) is 10.5 Å². The first kappa shape index (κ1) is 9.27. The van der Waals surface area contributed by atoms with Crippen LogP contribution in [0.4, 0.5) is 5.13 Å². The molecule has 0 radical (unpaired) electrons. The zero-order valence-corrected chi connectivity index (χ0v) is 9.23. The molecule has 2 rings (SSSR count). The fraction of sp³-hybridized carbons (Fsp3) is 0.300. The van der Waals surface area contributed by atoms with Gasteiger partial charge in [-0.3, -0.25) is 0 Å². The molecule has 0 spiro atoms. The van der Waals surface area contributed by atoms with Gasteiger partial charge in [0, 0.05) is 0 Å². The molecule has 2 aromatic rings. The molecule has 4 heteroatoms. The van der Waals surface area contributed by atoms with Crippen molar-refractivity contribution in [1.82, 2.24) is 4.98 Å². The van der Waals surface area contributed by atoms with Crippen LogP contribution in [-0.4, -0.2) is 12.1 Å². The summed E-state index contributed by atoms with van der Waals surface area (Å²) in [5, 5.41) is 0.590. The van der Waals surface area contributed by atoms with Crippen LogP contribution >= 0.6 is 11.3 Å². The van der Waals surface area contributed by atoms with E-state index in [2.05, 4.69) is 18.0 Å². The van der Waals surface area contributed by atoms with Gasteiger partial charge in [-0.15, -0.1) is 0 Å². The lowest BCUT2D eigenvalue weighted by Crippen LogP contribution is -1.90. The Balaban J connectivity index is 2.89. The number of ether oxygens (including phenoxy) is 1. The number of thiazole rings is 1. The summed E-state index contributed by atoms with van der Waals surface area (Å²) in [6.45, 7) is 4.08. The zero-order chi connectivity index (χ0) is 10.3. The monoisotopic (exact) mass is 208 g/mol.